The Kier molecular flexibility index (Phi) is 4.20. The van der Waals surface area contributed by atoms with Crippen LogP contribution in [0.1, 0.15) is 11.7 Å². The van der Waals surface area contributed by atoms with Crippen molar-refractivity contribution in [2.45, 2.75) is 8.32 Å². The summed E-state index contributed by atoms with van der Waals surface area (Å²) in [6.07, 6.45) is -0.496. The van der Waals surface area contributed by atoms with Crippen LogP contribution in [0, 0.1) is 5.82 Å². The molecule has 1 rings (SSSR count). The third kappa shape index (κ3) is 2.85. The summed E-state index contributed by atoms with van der Waals surface area (Å²) in [5, 5.41) is 9.83. The van der Waals surface area contributed by atoms with Crippen molar-refractivity contribution in [3.05, 3.63) is 35.6 Å². The second kappa shape index (κ2) is 4.75. The average Bonchev–Trinajstić information content (AvgIpc) is 2.16. The molecule has 16 heavy (non-hydrogen) atoms. The van der Waals surface area contributed by atoms with Crippen molar-refractivity contribution in [3.8, 4) is 0 Å². The van der Waals surface area contributed by atoms with Crippen molar-refractivity contribution in [1.82, 2.24) is 0 Å². The third-order valence-corrected chi connectivity index (χ3v) is 7.25. The Morgan fingerprint density at radius 2 is 1.88 bits per heavy atom. The molecule has 0 aliphatic carbocycles. The zero-order valence-electron chi connectivity index (χ0n) is 8.19. The van der Waals surface area contributed by atoms with E-state index in [4.69, 9.17) is 11.6 Å². The van der Waals surface area contributed by atoms with Crippen LogP contribution >= 0.6 is 34.2 Å². The van der Waals surface area contributed by atoms with Crippen molar-refractivity contribution in [2.75, 3.05) is 6.26 Å². The zero-order chi connectivity index (χ0) is 12.6. The fraction of sp³-hybridized carbons (Fsp3) is 0.333. The van der Waals surface area contributed by atoms with Gasteiger partial charge in [0.25, 0.3) is 0 Å². The van der Waals surface area contributed by atoms with E-state index in [9.17, 15) is 17.9 Å². The fourth-order valence-electron chi connectivity index (χ4n) is 1.04. The molecule has 0 amide bonds. The average molecular weight is 379 g/mol. The summed E-state index contributed by atoms with van der Waals surface area (Å²) in [5.74, 6) is -0.469. The number of benzene rings is 1. The van der Waals surface area contributed by atoms with E-state index < -0.39 is 24.0 Å². The quantitative estimate of drug-likeness (QED) is 0.648. The van der Waals surface area contributed by atoms with E-state index in [1.165, 1.54) is 34.7 Å². The van der Waals surface area contributed by atoms with Crippen LogP contribution in [0.4, 0.5) is 4.39 Å². The van der Waals surface area contributed by atoms with Crippen molar-refractivity contribution in [2.24, 2.45) is 0 Å². The summed E-state index contributed by atoms with van der Waals surface area (Å²) >= 11 is 7.25. The van der Waals surface area contributed by atoms with Gasteiger partial charge in [0.05, 0.1) is 0 Å². The molecule has 0 radical (unpaired) electrons. The number of halogens is 3. The first-order valence-corrected chi connectivity index (χ1v) is 7.52. The molecule has 7 heteroatoms. The number of rotatable bonds is 3. The van der Waals surface area contributed by atoms with Gasteiger partial charge in [0.1, 0.15) is 11.9 Å². The molecule has 2 atom stereocenters. The van der Waals surface area contributed by atoms with Gasteiger partial charge in [-0.3, -0.25) is 0 Å². The summed E-state index contributed by atoms with van der Waals surface area (Å²) in [6, 6.07) is 4.84. The summed E-state index contributed by atoms with van der Waals surface area (Å²) in [6.45, 7) is 0. The largest absolute Gasteiger partial charge is 0.385 e. The Morgan fingerprint density at radius 1 is 1.44 bits per heavy atom. The molecule has 0 unspecified atom stereocenters. The molecule has 0 aromatic heterocycles. The van der Waals surface area contributed by atoms with Crippen LogP contribution in [0.25, 0.3) is 0 Å². The molecule has 0 fully saturated rings. The highest BCUT2D eigenvalue weighted by atomic mass is 127. The monoisotopic (exact) mass is 378 g/mol. The minimum absolute atomic E-state index is 0.247. The van der Waals surface area contributed by atoms with Crippen LogP contribution in [-0.2, 0) is 9.84 Å². The maximum atomic E-state index is 12.6. The molecular formula is C9H9ClFIO3S. The first kappa shape index (κ1) is 14.1. The van der Waals surface area contributed by atoms with Crippen molar-refractivity contribution < 1.29 is 17.9 Å². The van der Waals surface area contributed by atoms with Gasteiger partial charge in [-0.25, -0.2) is 12.8 Å². The Bertz CT molecular complexity index is 472. The Labute approximate surface area is 112 Å². The molecule has 0 aliphatic rings. The Balaban J connectivity index is 3.12. The highest BCUT2D eigenvalue weighted by molar-refractivity contribution is 14.1. The molecular weight excluding hydrogens is 370 g/mol. The standard InChI is InChI=1S/C9H9ClFIO3S/c1-16(14,15)9(10,12)8(13)6-2-4-7(11)5-3-6/h2-5,8,13H,1H3/t8-,9-/m0/s1. The number of aliphatic hydroxyl groups is 1. The van der Waals surface area contributed by atoms with E-state index in [0.717, 1.165) is 18.4 Å². The topological polar surface area (TPSA) is 54.4 Å². The maximum Gasteiger partial charge on any atom is 0.224 e. The molecule has 0 spiro atoms. The molecule has 0 heterocycles. The van der Waals surface area contributed by atoms with Gasteiger partial charge in [0.2, 0.25) is 2.21 Å². The van der Waals surface area contributed by atoms with Gasteiger partial charge >= 0.3 is 0 Å². The van der Waals surface area contributed by atoms with E-state index in [1.807, 2.05) is 0 Å². The summed E-state index contributed by atoms with van der Waals surface area (Å²) in [4.78, 5) is 0. The van der Waals surface area contributed by atoms with E-state index >= 15 is 0 Å². The predicted octanol–water partition coefficient (Wildman–Crippen LogP) is 2.23. The van der Waals surface area contributed by atoms with Gasteiger partial charge in [0, 0.05) is 6.26 Å². The van der Waals surface area contributed by atoms with Crippen molar-refractivity contribution in [1.29, 1.82) is 0 Å². The van der Waals surface area contributed by atoms with Gasteiger partial charge in [-0.1, -0.05) is 23.7 Å². The molecule has 1 aromatic carbocycles. The molecule has 0 saturated heterocycles. The number of hydrogen-bond acceptors (Lipinski definition) is 3. The molecule has 1 N–H and O–H groups in total. The van der Waals surface area contributed by atoms with E-state index in [0.29, 0.717) is 0 Å². The number of aliphatic hydroxyl groups excluding tert-OH is 1. The lowest BCUT2D eigenvalue weighted by Gasteiger charge is -2.24. The summed E-state index contributed by atoms with van der Waals surface area (Å²) in [7, 11) is -3.65. The Morgan fingerprint density at radius 3 is 2.25 bits per heavy atom. The second-order valence-electron chi connectivity index (χ2n) is 3.29. The van der Waals surface area contributed by atoms with Crippen LogP contribution in [0.2, 0.25) is 0 Å². The first-order valence-electron chi connectivity index (χ1n) is 4.17. The van der Waals surface area contributed by atoms with Crippen molar-refractivity contribution in [3.63, 3.8) is 0 Å². The van der Waals surface area contributed by atoms with Gasteiger partial charge in [-0.2, -0.15) is 0 Å². The van der Waals surface area contributed by atoms with Crippen LogP contribution < -0.4 is 0 Å². The highest BCUT2D eigenvalue weighted by Gasteiger charge is 2.43. The second-order valence-corrected chi connectivity index (χ2v) is 9.37. The van der Waals surface area contributed by atoms with Gasteiger partial charge in [-0.15, -0.1) is 0 Å². The molecule has 0 saturated carbocycles. The number of alkyl halides is 2. The third-order valence-electron chi connectivity index (χ3n) is 2.00. The normalized spacial score (nSPS) is 17.8. The van der Waals surface area contributed by atoms with Crippen LogP contribution in [0.3, 0.4) is 0 Å². The van der Waals surface area contributed by atoms with E-state index in [2.05, 4.69) is 0 Å². The van der Waals surface area contributed by atoms with Crippen LogP contribution in [-0.4, -0.2) is 22.0 Å². The molecule has 90 valence electrons. The first-order chi connectivity index (χ1) is 7.16. The van der Waals surface area contributed by atoms with Gasteiger partial charge in [-0.05, 0) is 40.3 Å². The smallest absolute Gasteiger partial charge is 0.224 e. The van der Waals surface area contributed by atoms with Crippen molar-refractivity contribution >= 4 is 44.0 Å². The highest BCUT2D eigenvalue weighted by Crippen LogP contribution is 2.42. The lowest BCUT2D eigenvalue weighted by Crippen LogP contribution is -2.32. The molecule has 3 nitrogen and oxygen atoms in total. The lowest BCUT2D eigenvalue weighted by molar-refractivity contribution is 0.187. The molecule has 0 bridgehead atoms. The fourth-order valence-corrected chi connectivity index (χ4v) is 2.07. The van der Waals surface area contributed by atoms with E-state index in [1.54, 1.807) is 0 Å². The van der Waals surface area contributed by atoms with E-state index in [-0.39, 0.29) is 5.56 Å². The SMILES string of the molecule is CS(=O)(=O)[C@@](Cl)(I)[C@@H](O)c1ccc(F)cc1. The lowest BCUT2D eigenvalue weighted by atomic mass is 10.1. The van der Waals surface area contributed by atoms with Gasteiger partial charge < -0.3 is 5.11 Å². The molecule has 0 aliphatic heterocycles. The van der Waals surface area contributed by atoms with Crippen LogP contribution in [0.5, 0.6) is 0 Å². The minimum Gasteiger partial charge on any atom is -0.385 e. The number of hydrogen-bond donors (Lipinski definition) is 1. The van der Waals surface area contributed by atoms with Crippen LogP contribution in [0.15, 0.2) is 24.3 Å². The predicted molar refractivity (Wildman–Crippen MR) is 68.8 cm³/mol. The molecule has 1 aromatic rings. The maximum absolute atomic E-state index is 12.6. The minimum atomic E-state index is -3.65. The summed E-state index contributed by atoms with van der Waals surface area (Å²) in [5.41, 5.74) is 0.247. The van der Waals surface area contributed by atoms with Gasteiger partial charge in [0.15, 0.2) is 9.84 Å². The zero-order valence-corrected chi connectivity index (χ0v) is 11.9. The number of sulfone groups is 1. The summed E-state index contributed by atoms with van der Waals surface area (Å²) < 4.78 is 33.5. The Hall–Kier alpha value is 0.0800.